The molecule has 1 saturated carbocycles. The molecule has 1 fully saturated rings. The van der Waals surface area contributed by atoms with Gasteiger partial charge in [0.25, 0.3) is 0 Å². The first kappa shape index (κ1) is 19.6. The van der Waals surface area contributed by atoms with Crippen molar-refractivity contribution in [3.8, 4) is 5.75 Å². The molecule has 140 valence electrons. The highest BCUT2D eigenvalue weighted by Crippen LogP contribution is 2.31. The Kier molecular flexibility index (Phi) is 6.70. The van der Waals surface area contributed by atoms with Crippen LogP contribution in [0.3, 0.4) is 0 Å². The minimum Gasteiger partial charge on any atom is -0.495 e. The third-order valence-electron chi connectivity index (χ3n) is 4.52. The summed E-state index contributed by atoms with van der Waals surface area (Å²) in [7, 11) is -2.02. The molecule has 2 rings (SSSR count). The zero-order valence-corrected chi connectivity index (χ0v) is 16.1. The van der Waals surface area contributed by atoms with Gasteiger partial charge in [-0.15, -0.1) is 0 Å². The number of amides is 1. The van der Waals surface area contributed by atoms with E-state index in [1.165, 1.54) is 17.8 Å². The van der Waals surface area contributed by atoms with Crippen LogP contribution >= 0.6 is 0 Å². The number of nitrogens with one attached hydrogen (secondary N) is 1. The van der Waals surface area contributed by atoms with E-state index in [0.717, 1.165) is 37.5 Å². The molecule has 0 saturated heterocycles. The molecule has 7 heteroatoms. The van der Waals surface area contributed by atoms with Gasteiger partial charge in [0.2, 0.25) is 15.9 Å². The maximum atomic E-state index is 12.3. The summed E-state index contributed by atoms with van der Waals surface area (Å²) in [5.74, 6) is 0.371. The summed E-state index contributed by atoms with van der Waals surface area (Å²) in [6.07, 6.45) is 6.79. The van der Waals surface area contributed by atoms with Crippen LogP contribution in [-0.2, 0) is 14.8 Å². The molecule has 1 aromatic carbocycles. The smallest absolute Gasteiger partial charge is 0.232 e. The van der Waals surface area contributed by atoms with Gasteiger partial charge >= 0.3 is 0 Å². The summed E-state index contributed by atoms with van der Waals surface area (Å²) in [5, 5.41) is 3.03. The monoisotopic (exact) mass is 368 g/mol. The Morgan fingerprint density at radius 3 is 2.56 bits per heavy atom. The zero-order valence-electron chi connectivity index (χ0n) is 15.2. The number of hydrogen-bond donors (Lipinski definition) is 1. The summed E-state index contributed by atoms with van der Waals surface area (Å²) in [5.41, 5.74) is 1.39. The highest BCUT2D eigenvalue weighted by molar-refractivity contribution is 7.92. The number of methoxy groups -OCH3 is 1. The van der Waals surface area contributed by atoms with Gasteiger partial charge in [0.1, 0.15) is 5.75 Å². The molecule has 1 amide bonds. The Hall–Kier alpha value is -1.76. The minimum atomic E-state index is -3.52. The summed E-state index contributed by atoms with van der Waals surface area (Å²) in [4.78, 5) is 12.2. The highest BCUT2D eigenvalue weighted by Gasteiger charge is 2.23. The van der Waals surface area contributed by atoms with Crippen molar-refractivity contribution in [2.45, 2.75) is 51.5 Å². The summed E-state index contributed by atoms with van der Waals surface area (Å²) >= 11 is 0. The van der Waals surface area contributed by atoms with Crippen LogP contribution in [-0.4, -0.2) is 40.3 Å². The molecule has 0 bridgehead atoms. The van der Waals surface area contributed by atoms with E-state index in [-0.39, 0.29) is 24.9 Å². The zero-order chi connectivity index (χ0) is 18.4. The summed E-state index contributed by atoms with van der Waals surface area (Å²) in [6, 6.07) is 5.59. The minimum absolute atomic E-state index is 0.0944. The molecule has 0 atom stereocenters. The predicted molar refractivity (Wildman–Crippen MR) is 99.6 cm³/mol. The lowest BCUT2D eigenvalue weighted by Crippen LogP contribution is -2.39. The largest absolute Gasteiger partial charge is 0.495 e. The normalized spacial score (nSPS) is 15.6. The molecule has 1 N–H and O–H groups in total. The fraction of sp³-hybridized carbons (Fsp3) is 0.611. The second kappa shape index (κ2) is 8.56. The van der Waals surface area contributed by atoms with Crippen LogP contribution in [0.2, 0.25) is 0 Å². The van der Waals surface area contributed by atoms with E-state index >= 15 is 0 Å². The molecule has 0 aromatic heterocycles. The topological polar surface area (TPSA) is 75.7 Å². The Morgan fingerprint density at radius 2 is 1.96 bits per heavy atom. The Labute approximate surface area is 150 Å². The molecule has 25 heavy (non-hydrogen) atoms. The summed E-state index contributed by atoms with van der Waals surface area (Å²) < 4.78 is 31.1. The van der Waals surface area contributed by atoms with Gasteiger partial charge in [-0.3, -0.25) is 9.10 Å². The van der Waals surface area contributed by atoms with Crippen molar-refractivity contribution in [2.75, 3.05) is 24.2 Å². The van der Waals surface area contributed by atoms with Gasteiger partial charge in [-0.2, -0.15) is 0 Å². The number of rotatable bonds is 7. The molecule has 1 aliphatic rings. The van der Waals surface area contributed by atoms with Crippen molar-refractivity contribution in [2.24, 2.45) is 0 Å². The van der Waals surface area contributed by atoms with Crippen LogP contribution < -0.4 is 14.4 Å². The second-order valence-corrected chi connectivity index (χ2v) is 8.57. The van der Waals surface area contributed by atoms with Gasteiger partial charge in [0.15, 0.2) is 0 Å². The molecule has 1 aromatic rings. The standard InChI is InChI=1S/C18H28N2O4S/c1-14-9-10-17(24-2)16(13-14)20(25(3,22)23)12-11-18(21)19-15-7-5-4-6-8-15/h9-10,13,15H,4-8,11-12H2,1-3H3,(H,19,21). The number of carbonyl (C=O) groups is 1. The van der Waals surface area contributed by atoms with Crippen molar-refractivity contribution in [1.82, 2.24) is 5.32 Å². The molecule has 0 spiro atoms. The van der Waals surface area contributed by atoms with Gasteiger partial charge in [-0.25, -0.2) is 8.42 Å². The molecule has 0 aliphatic heterocycles. The summed E-state index contributed by atoms with van der Waals surface area (Å²) in [6.45, 7) is 1.98. The number of sulfonamides is 1. The van der Waals surface area contributed by atoms with Crippen molar-refractivity contribution in [3.63, 3.8) is 0 Å². The van der Waals surface area contributed by atoms with Crippen LogP contribution in [0.25, 0.3) is 0 Å². The third kappa shape index (κ3) is 5.63. The lowest BCUT2D eigenvalue weighted by molar-refractivity contribution is -0.121. The van der Waals surface area contributed by atoms with Crippen molar-refractivity contribution in [1.29, 1.82) is 0 Å². The van der Waals surface area contributed by atoms with Gasteiger partial charge in [0, 0.05) is 19.0 Å². The van der Waals surface area contributed by atoms with E-state index in [1.807, 2.05) is 13.0 Å². The number of aryl methyl sites for hydroxylation is 1. The highest BCUT2D eigenvalue weighted by atomic mass is 32.2. The number of anilines is 1. The van der Waals surface area contributed by atoms with E-state index in [0.29, 0.717) is 11.4 Å². The van der Waals surface area contributed by atoms with Crippen LogP contribution in [0, 0.1) is 6.92 Å². The average Bonchev–Trinajstić information content (AvgIpc) is 2.55. The lowest BCUT2D eigenvalue weighted by atomic mass is 9.95. The van der Waals surface area contributed by atoms with E-state index in [9.17, 15) is 13.2 Å². The van der Waals surface area contributed by atoms with Gasteiger partial charge in [-0.05, 0) is 37.5 Å². The van der Waals surface area contributed by atoms with Crippen LogP contribution in [0.1, 0.15) is 44.1 Å². The molecule has 6 nitrogen and oxygen atoms in total. The van der Waals surface area contributed by atoms with Gasteiger partial charge in [-0.1, -0.05) is 25.3 Å². The first-order valence-electron chi connectivity index (χ1n) is 8.73. The van der Waals surface area contributed by atoms with E-state index in [1.54, 1.807) is 12.1 Å². The molecule has 0 heterocycles. The van der Waals surface area contributed by atoms with E-state index in [2.05, 4.69) is 5.32 Å². The SMILES string of the molecule is COc1ccc(C)cc1N(CCC(=O)NC1CCCCC1)S(C)(=O)=O. The number of benzene rings is 1. The van der Waals surface area contributed by atoms with E-state index < -0.39 is 10.0 Å². The first-order chi connectivity index (χ1) is 11.8. The van der Waals surface area contributed by atoms with Crippen LogP contribution in [0.15, 0.2) is 18.2 Å². The Balaban J connectivity index is 2.09. The first-order valence-corrected chi connectivity index (χ1v) is 10.6. The second-order valence-electron chi connectivity index (χ2n) is 6.66. The fourth-order valence-electron chi connectivity index (χ4n) is 3.21. The average molecular weight is 368 g/mol. The maximum absolute atomic E-state index is 12.3. The fourth-order valence-corrected chi connectivity index (χ4v) is 4.13. The maximum Gasteiger partial charge on any atom is 0.232 e. The van der Waals surface area contributed by atoms with Crippen LogP contribution in [0.4, 0.5) is 5.69 Å². The molecular weight excluding hydrogens is 340 g/mol. The predicted octanol–water partition coefficient (Wildman–Crippen LogP) is 2.61. The Morgan fingerprint density at radius 1 is 1.28 bits per heavy atom. The van der Waals surface area contributed by atoms with Crippen molar-refractivity contribution >= 4 is 21.6 Å². The van der Waals surface area contributed by atoms with Crippen molar-refractivity contribution < 1.29 is 17.9 Å². The Bertz CT molecular complexity index is 697. The molecule has 0 radical (unpaired) electrons. The quantitative estimate of drug-likeness (QED) is 0.803. The third-order valence-corrected chi connectivity index (χ3v) is 5.70. The number of nitrogens with zero attached hydrogens (tertiary/aromatic N) is 1. The van der Waals surface area contributed by atoms with Crippen LogP contribution in [0.5, 0.6) is 5.75 Å². The van der Waals surface area contributed by atoms with E-state index in [4.69, 9.17) is 4.74 Å². The van der Waals surface area contributed by atoms with Crippen molar-refractivity contribution in [3.05, 3.63) is 23.8 Å². The number of hydrogen-bond acceptors (Lipinski definition) is 4. The number of carbonyl (C=O) groups excluding carboxylic acids is 1. The molecule has 0 unspecified atom stereocenters. The van der Waals surface area contributed by atoms with Gasteiger partial charge < -0.3 is 10.1 Å². The molecule has 1 aliphatic carbocycles. The molecular formula is C18H28N2O4S. The van der Waals surface area contributed by atoms with Gasteiger partial charge in [0.05, 0.1) is 19.1 Å². The number of ether oxygens (including phenoxy) is 1. The lowest BCUT2D eigenvalue weighted by Gasteiger charge is -2.26.